The van der Waals surface area contributed by atoms with Crippen LogP contribution in [0, 0.1) is 20.8 Å². The number of carbonyl (C=O) groups excluding carboxylic acids is 3. The number of esters is 3. The number of unbranched alkanes of at least 4 members (excludes halogenated alkanes) is 35. The van der Waals surface area contributed by atoms with E-state index in [4.69, 9.17) is 27.5 Å². The van der Waals surface area contributed by atoms with E-state index in [0.717, 1.165) is 84.2 Å². The molecule has 0 aliphatic heterocycles. The van der Waals surface area contributed by atoms with Gasteiger partial charge in [0.25, 0.3) is 0 Å². The number of hydrogen-bond acceptors (Lipinski definition) is 12. The molecule has 6 aromatic rings. The number of rotatable bonds is 46. The minimum atomic E-state index is -0.397. The number of hydrogen-bond donors (Lipinski definition) is 0. The van der Waals surface area contributed by atoms with Gasteiger partial charge < -0.3 is 27.5 Å². The van der Waals surface area contributed by atoms with Crippen molar-refractivity contribution in [1.82, 2.24) is 0 Å². The van der Waals surface area contributed by atoms with Crippen LogP contribution in [0.2, 0.25) is 0 Å². The maximum atomic E-state index is 12.1. The van der Waals surface area contributed by atoms with E-state index in [2.05, 4.69) is 32.9 Å². The average molecular weight is 1270 g/mol. The van der Waals surface area contributed by atoms with E-state index in [1.807, 2.05) is 39.0 Å². The molecule has 0 aliphatic rings. The zero-order chi connectivity index (χ0) is 66.2. The van der Waals surface area contributed by atoms with E-state index in [1.54, 1.807) is 36.4 Å². The van der Waals surface area contributed by atoms with E-state index in [-0.39, 0.29) is 17.9 Å². The van der Waals surface area contributed by atoms with Gasteiger partial charge in [-0.3, -0.25) is 14.4 Å². The molecule has 92 heavy (non-hydrogen) atoms. The molecule has 0 unspecified atom stereocenters. The third-order valence-electron chi connectivity index (χ3n) is 17.1. The number of allylic oxidation sites excluding steroid dienone is 2. The Morgan fingerprint density at radius 3 is 0.772 bits per heavy atom. The van der Waals surface area contributed by atoms with E-state index < -0.39 is 16.9 Å². The molecule has 0 amide bonds. The molecule has 3 aromatic carbocycles. The lowest BCUT2D eigenvalue weighted by atomic mass is 10.0. The second-order valence-electron chi connectivity index (χ2n) is 25.5. The van der Waals surface area contributed by atoms with Gasteiger partial charge in [0.15, 0.2) is 0 Å². The Balaban J connectivity index is 0.000000294. The molecule has 3 aromatic heterocycles. The lowest BCUT2D eigenvalue weighted by Gasteiger charge is -2.06. The molecular weight excluding hydrogens is 1150 g/mol. The maximum Gasteiger partial charge on any atom is 0.336 e. The molecule has 0 N–H and O–H groups in total. The van der Waals surface area contributed by atoms with Crippen molar-refractivity contribution >= 4 is 50.8 Å². The van der Waals surface area contributed by atoms with E-state index >= 15 is 0 Å². The van der Waals surface area contributed by atoms with Crippen molar-refractivity contribution in [2.75, 3.05) is 0 Å². The van der Waals surface area contributed by atoms with E-state index in [1.165, 1.54) is 217 Å². The Kier molecular flexibility index (Phi) is 41.6. The molecule has 0 bridgehead atoms. The van der Waals surface area contributed by atoms with Gasteiger partial charge in [-0.15, -0.1) is 0 Å². The quantitative estimate of drug-likeness (QED) is 0.0117. The molecule has 0 fully saturated rings. The fourth-order valence-electron chi connectivity index (χ4n) is 11.6. The third kappa shape index (κ3) is 34.9. The van der Waals surface area contributed by atoms with Crippen molar-refractivity contribution in [3.8, 4) is 17.2 Å². The predicted molar refractivity (Wildman–Crippen MR) is 379 cm³/mol. The summed E-state index contributed by atoms with van der Waals surface area (Å²) < 4.78 is 31.8. The fraction of sp³-hybridized carbons (Fsp3) is 0.600. The summed E-state index contributed by atoms with van der Waals surface area (Å²) in [5, 5.41) is 2.55. The van der Waals surface area contributed by atoms with Gasteiger partial charge in [-0.1, -0.05) is 238 Å². The molecule has 12 heteroatoms. The van der Waals surface area contributed by atoms with Crippen molar-refractivity contribution in [1.29, 1.82) is 0 Å². The van der Waals surface area contributed by atoms with Crippen molar-refractivity contribution < 1.29 is 41.8 Å². The van der Waals surface area contributed by atoms with Crippen LogP contribution in [0.4, 0.5) is 0 Å². The molecule has 0 spiro atoms. The van der Waals surface area contributed by atoms with Crippen molar-refractivity contribution in [3.05, 3.63) is 133 Å². The van der Waals surface area contributed by atoms with Gasteiger partial charge in [0.05, 0.1) is 0 Å². The van der Waals surface area contributed by atoms with Crippen LogP contribution in [0.25, 0.3) is 32.9 Å². The van der Waals surface area contributed by atoms with Gasteiger partial charge in [0, 0.05) is 71.8 Å². The van der Waals surface area contributed by atoms with Gasteiger partial charge >= 0.3 is 34.8 Å². The average Bonchev–Trinajstić information content (AvgIpc) is 0.896. The molecule has 6 rings (SSSR count). The molecule has 0 radical (unpaired) electrons. The summed E-state index contributed by atoms with van der Waals surface area (Å²) in [5.74, 6) is 0.577. The number of ether oxygens (including phenoxy) is 3. The van der Waals surface area contributed by atoms with Crippen LogP contribution in [0.5, 0.6) is 17.2 Å². The van der Waals surface area contributed by atoms with Crippen LogP contribution in [-0.2, 0) is 14.4 Å². The highest BCUT2D eigenvalue weighted by molar-refractivity contribution is 5.84. The first kappa shape index (κ1) is 77.9. The summed E-state index contributed by atoms with van der Waals surface area (Å²) in [5.41, 5.74) is 2.72. The minimum Gasteiger partial charge on any atom is -0.426 e. The number of carbonyl (C=O) groups is 3. The molecule has 0 aliphatic carbocycles. The Morgan fingerprint density at radius 1 is 0.304 bits per heavy atom. The fourth-order valence-corrected chi connectivity index (χ4v) is 11.6. The van der Waals surface area contributed by atoms with Crippen LogP contribution in [0.1, 0.15) is 307 Å². The van der Waals surface area contributed by atoms with Gasteiger partial charge in [-0.25, -0.2) is 14.4 Å². The highest BCUT2D eigenvalue weighted by atomic mass is 16.5. The van der Waals surface area contributed by atoms with Gasteiger partial charge in [-0.05, 0) is 119 Å². The van der Waals surface area contributed by atoms with Crippen LogP contribution in [0.15, 0.2) is 113 Å². The largest absolute Gasteiger partial charge is 0.426 e. The van der Waals surface area contributed by atoms with Crippen LogP contribution >= 0.6 is 0 Å². The van der Waals surface area contributed by atoms with Crippen LogP contribution in [0.3, 0.4) is 0 Å². The zero-order valence-corrected chi connectivity index (χ0v) is 57.7. The molecule has 0 atom stereocenters. The molecule has 0 saturated heterocycles. The number of fused-ring (bicyclic) bond motifs is 3. The summed E-state index contributed by atoms with van der Waals surface area (Å²) in [6, 6.07) is 19.9. The number of aryl methyl sites for hydroxylation is 3. The summed E-state index contributed by atoms with van der Waals surface area (Å²) in [6.45, 7) is 12.4. The second kappa shape index (κ2) is 49.1. The van der Waals surface area contributed by atoms with E-state index in [9.17, 15) is 28.8 Å². The van der Waals surface area contributed by atoms with E-state index in [0.29, 0.717) is 53.3 Å². The lowest BCUT2D eigenvalue weighted by molar-refractivity contribution is -0.135. The summed E-state index contributed by atoms with van der Waals surface area (Å²) in [7, 11) is 0. The topological polar surface area (TPSA) is 170 Å². The monoisotopic (exact) mass is 1270 g/mol. The third-order valence-corrected chi connectivity index (χ3v) is 17.1. The molecule has 0 saturated carbocycles. The first-order chi connectivity index (χ1) is 44.8. The van der Waals surface area contributed by atoms with Gasteiger partial charge in [0.2, 0.25) is 0 Å². The smallest absolute Gasteiger partial charge is 0.336 e. The summed E-state index contributed by atoms with van der Waals surface area (Å²) >= 11 is 0. The Labute approximate surface area is 551 Å². The molecule has 3 heterocycles. The SMILES string of the molecule is CCCCCC/C=C\CCCCCCCC(=O)Oc1ccc2c(C)cc(=O)oc2c1.CCCCCCCCCCCCCCCC(=O)Oc1ccc2c(C)cc(=O)oc2c1.CCCCCCCCCCCCCCCCCC(=O)Oc1ccc2c(C)cc(=O)oc2c1. The summed E-state index contributed by atoms with van der Waals surface area (Å²) in [4.78, 5) is 70.8. The van der Waals surface area contributed by atoms with Gasteiger partial charge in [0.1, 0.15) is 34.0 Å². The van der Waals surface area contributed by atoms with Crippen molar-refractivity contribution in [2.45, 2.75) is 311 Å². The Hall–Kier alpha value is -6.56. The van der Waals surface area contributed by atoms with Crippen LogP contribution < -0.4 is 31.1 Å². The molecule has 12 nitrogen and oxygen atoms in total. The minimum absolute atomic E-state index is 0.228. The standard InChI is InChI=1S/C28H42O4.C26H38O4.C26H36O4/c1-3-4-5-6-7-8-9-10-11-12-13-14-15-16-17-18-27(29)31-24-19-20-25-23(2)21-28(30)32-26(25)22-24;2*1-3-4-5-6-7-8-9-10-11-12-13-14-15-16-25(27)29-22-17-18-23-21(2)19-26(28)30-24(23)20-22/h19-22H,3-18H2,1-2H3;17-20H,3-16H2,1-2H3;8-9,17-20H,3-7,10-16H2,1-2H3/b;;9-8-. The number of benzene rings is 3. The highest BCUT2D eigenvalue weighted by Crippen LogP contribution is 2.26. The first-order valence-electron chi connectivity index (χ1n) is 36.2. The van der Waals surface area contributed by atoms with Crippen LogP contribution in [-0.4, -0.2) is 17.9 Å². The second-order valence-corrected chi connectivity index (χ2v) is 25.5. The predicted octanol–water partition coefficient (Wildman–Crippen LogP) is 23.0. The zero-order valence-electron chi connectivity index (χ0n) is 57.7. The van der Waals surface area contributed by atoms with Gasteiger partial charge in [-0.2, -0.15) is 0 Å². The lowest BCUT2D eigenvalue weighted by Crippen LogP contribution is -2.07. The first-order valence-corrected chi connectivity index (χ1v) is 36.2. The summed E-state index contributed by atoms with van der Waals surface area (Å²) in [6.07, 6.45) is 55.3. The molecule has 508 valence electrons. The highest BCUT2D eigenvalue weighted by Gasteiger charge is 2.12. The van der Waals surface area contributed by atoms with Crippen molar-refractivity contribution in [2.24, 2.45) is 0 Å². The maximum absolute atomic E-state index is 12.1. The molecular formula is C80H116O12. The Morgan fingerprint density at radius 2 is 0.522 bits per heavy atom. The normalized spacial score (nSPS) is 11.2. The Bertz CT molecular complexity index is 3210. The van der Waals surface area contributed by atoms with Crippen molar-refractivity contribution in [3.63, 3.8) is 0 Å².